The number of rotatable bonds is 8. The number of ketones is 1. The average Bonchev–Trinajstić information content (AvgIpc) is 3.36. The quantitative estimate of drug-likeness (QED) is 0.568. The van der Waals surface area contributed by atoms with Crippen LogP contribution < -0.4 is 19.8 Å². The van der Waals surface area contributed by atoms with E-state index in [-0.39, 0.29) is 5.78 Å². The van der Waals surface area contributed by atoms with Gasteiger partial charge in [-0.05, 0) is 41.4 Å². The molecule has 2 aliphatic rings. The van der Waals surface area contributed by atoms with E-state index in [4.69, 9.17) is 23.7 Å². The van der Waals surface area contributed by atoms with Crippen molar-refractivity contribution in [3.8, 4) is 11.5 Å². The van der Waals surface area contributed by atoms with Crippen LogP contribution in [0.15, 0.2) is 42.5 Å². The Balaban J connectivity index is 1.46. The van der Waals surface area contributed by atoms with Crippen molar-refractivity contribution in [1.29, 1.82) is 0 Å². The molecule has 7 nitrogen and oxygen atoms in total. The molecular weight excluding hydrogens is 421 g/mol. The standard InChI is InChI=1S/C25H30BNO6/c1-29-21-14-17(15-22(30-2)23(21)26)19-8-9-20(33-19)24(28)25(31-3)16-4-6-18(7-5-16)27-10-12-32-13-11-27/h4-8,14-15,20,25H,9-13,26H2,1-3H3. The van der Waals surface area contributed by atoms with Crippen LogP contribution in [0.4, 0.5) is 5.69 Å². The van der Waals surface area contributed by atoms with E-state index in [1.165, 1.54) is 0 Å². The molecule has 0 spiro atoms. The van der Waals surface area contributed by atoms with Gasteiger partial charge in [0.25, 0.3) is 0 Å². The zero-order valence-corrected chi connectivity index (χ0v) is 19.6. The van der Waals surface area contributed by atoms with Crippen molar-refractivity contribution in [3.05, 3.63) is 53.6 Å². The van der Waals surface area contributed by atoms with Crippen molar-refractivity contribution < 1.29 is 28.5 Å². The van der Waals surface area contributed by atoms with Crippen molar-refractivity contribution in [2.24, 2.45) is 0 Å². The third-order valence-corrected chi connectivity index (χ3v) is 6.21. The normalized spacial score (nSPS) is 18.9. The second-order valence-electron chi connectivity index (χ2n) is 8.13. The molecular formula is C25H30BNO6. The van der Waals surface area contributed by atoms with E-state index >= 15 is 0 Å². The van der Waals surface area contributed by atoms with Crippen LogP contribution in [-0.2, 0) is 19.0 Å². The molecule has 0 aliphatic carbocycles. The van der Waals surface area contributed by atoms with Crippen molar-refractivity contribution >= 4 is 30.5 Å². The summed E-state index contributed by atoms with van der Waals surface area (Å²) >= 11 is 0. The Bertz CT molecular complexity index is 991. The molecule has 0 saturated carbocycles. The summed E-state index contributed by atoms with van der Waals surface area (Å²) in [5.74, 6) is 1.95. The Hall–Kier alpha value is -2.97. The molecule has 4 rings (SSSR count). The van der Waals surface area contributed by atoms with Gasteiger partial charge in [-0.15, -0.1) is 0 Å². The second kappa shape index (κ2) is 10.3. The van der Waals surface area contributed by atoms with Crippen LogP contribution in [0.25, 0.3) is 5.76 Å². The number of benzene rings is 2. The van der Waals surface area contributed by atoms with Gasteiger partial charge >= 0.3 is 0 Å². The zero-order valence-electron chi connectivity index (χ0n) is 19.6. The third kappa shape index (κ3) is 4.87. The zero-order chi connectivity index (χ0) is 23.4. The number of carbonyl (C=O) groups excluding carboxylic acids is 1. The maximum absolute atomic E-state index is 13.3. The smallest absolute Gasteiger partial charge is 0.206 e. The molecule has 2 aliphatic heterocycles. The van der Waals surface area contributed by atoms with E-state index in [0.717, 1.165) is 48.6 Å². The first kappa shape index (κ1) is 23.2. The minimum Gasteiger partial charge on any atom is -0.497 e. The van der Waals surface area contributed by atoms with E-state index < -0.39 is 12.2 Å². The number of carbonyl (C=O) groups is 1. The van der Waals surface area contributed by atoms with Gasteiger partial charge in [-0.3, -0.25) is 4.79 Å². The van der Waals surface area contributed by atoms with Gasteiger partial charge in [0.05, 0.1) is 27.4 Å². The maximum atomic E-state index is 13.3. The molecule has 2 aromatic rings. The van der Waals surface area contributed by atoms with Crippen LogP contribution in [0.2, 0.25) is 0 Å². The number of Topliss-reactive ketones (excluding diaryl/α,β-unsaturated/α-hetero) is 1. The number of hydrogen-bond donors (Lipinski definition) is 0. The van der Waals surface area contributed by atoms with Crippen molar-refractivity contribution in [3.63, 3.8) is 0 Å². The Kier molecular flexibility index (Phi) is 7.25. The molecule has 0 radical (unpaired) electrons. The molecule has 2 unspecified atom stereocenters. The lowest BCUT2D eigenvalue weighted by molar-refractivity contribution is -0.136. The Morgan fingerprint density at radius 1 is 1.06 bits per heavy atom. The molecule has 0 aromatic heterocycles. The van der Waals surface area contributed by atoms with Crippen LogP contribution in [0, 0.1) is 0 Å². The first-order chi connectivity index (χ1) is 16.0. The summed E-state index contributed by atoms with van der Waals surface area (Å²) in [6.45, 7) is 3.19. The highest BCUT2D eigenvalue weighted by Gasteiger charge is 2.33. The Morgan fingerprint density at radius 2 is 1.70 bits per heavy atom. The number of anilines is 1. The van der Waals surface area contributed by atoms with Gasteiger partial charge in [0, 0.05) is 37.9 Å². The highest BCUT2D eigenvalue weighted by Crippen LogP contribution is 2.33. The number of ether oxygens (including phenoxy) is 5. The average molecular weight is 451 g/mol. The summed E-state index contributed by atoms with van der Waals surface area (Å²) in [7, 11) is 6.73. The minimum atomic E-state index is -0.691. The first-order valence-corrected chi connectivity index (χ1v) is 11.1. The van der Waals surface area contributed by atoms with Gasteiger partial charge in [-0.25, -0.2) is 0 Å². The van der Waals surface area contributed by atoms with Crippen LogP contribution in [0.5, 0.6) is 11.5 Å². The van der Waals surface area contributed by atoms with Crippen LogP contribution >= 0.6 is 0 Å². The van der Waals surface area contributed by atoms with Gasteiger partial charge in [-0.1, -0.05) is 12.1 Å². The van der Waals surface area contributed by atoms with E-state index in [1.807, 2.05) is 50.3 Å². The topological polar surface area (TPSA) is 66.5 Å². The fourth-order valence-electron chi connectivity index (χ4n) is 4.32. The predicted octanol–water partition coefficient (Wildman–Crippen LogP) is 1.89. The molecule has 1 fully saturated rings. The number of hydrogen-bond acceptors (Lipinski definition) is 7. The summed E-state index contributed by atoms with van der Waals surface area (Å²) in [4.78, 5) is 15.6. The maximum Gasteiger partial charge on any atom is 0.206 e. The summed E-state index contributed by atoms with van der Waals surface area (Å²) in [6, 6.07) is 11.8. The fourth-order valence-corrected chi connectivity index (χ4v) is 4.32. The lowest BCUT2D eigenvalue weighted by atomic mass is 9.92. The minimum absolute atomic E-state index is 0.103. The molecule has 8 heteroatoms. The molecule has 0 amide bonds. The van der Waals surface area contributed by atoms with Crippen molar-refractivity contribution in [2.75, 3.05) is 52.5 Å². The second-order valence-corrected chi connectivity index (χ2v) is 8.13. The fraction of sp³-hybridized carbons (Fsp3) is 0.400. The van der Waals surface area contributed by atoms with E-state index in [2.05, 4.69) is 4.90 Å². The van der Waals surface area contributed by atoms with Crippen molar-refractivity contribution in [2.45, 2.75) is 18.6 Å². The SMILES string of the molecule is Bc1c(OC)cc(C2=CCC(C(=O)C(OC)c3ccc(N4CCOCC4)cc3)O2)cc1OC. The van der Waals surface area contributed by atoms with Gasteiger partial charge in [0.15, 0.2) is 6.10 Å². The molecule has 2 atom stereocenters. The molecule has 2 heterocycles. The van der Waals surface area contributed by atoms with E-state index in [1.54, 1.807) is 21.3 Å². The summed E-state index contributed by atoms with van der Waals surface area (Å²) in [6.07, 6.45) is 1.12. The van der Waals surface area contributed by atoms with E-state index in [0.29, 0.717) is 23.7 Å². The molecule has 0 bridgehead atoms. The molecule has 1 saturated heterocycles. The molecule has 2 aromatic carbocycles. The van der Waals surface area contributed by atoms with Crippen LogP contribution in [0.3, 0.4) is 0 Å². The number of nitrogens with zero attached hydrogens (tertiary/aromatic N) is 1. The Morgan fingerprint density at radius 3 is 2.27 bits per heavy atom. The van der Waals surface area contributed by atoms with Gasteiger partial charge < -0.3 is 28.6 Å². The number of morpholine rings is 1. The van der Waals surface area contributed by atoms with Crippen molar-refractivity contribution in [1.82, 2.24) is 0 Å². The van der Waals surface area contributed by atoms with Crippen LogP contribution in [0.1, 0.15) is 23.7 Å². The highest BCUT2D eigenvalue weighted by molar-refractivity contribution is 6.36. The van der Waals surface area contributed by atoms with Gasteiger partial charge in [-0.2, -0.15) is 0 Å². The highest BCUT2D eigenvalue weighted by atomic mass is 16.5. The molecule has 33 heavy (non-hydrogen) atoms. The van der Waals surface area contributed by atoms with Crippen LogP contribution in [-0.4, -0.2) is 67.4 Å². The lowest BCUT2D eigenvalue weighted by Crippen LogP contribution is -2.36. The Labute approximate surface area is 195 Å². The first-order valence-electron chi connectivity index (χ1n) is 11.1. The molecule has 0 N–H and O–H groups in total. The monoisotopic (exact) mass is 451 g/mol. The summed E-state index contributed by atoms with van der Waals surface area (Å²) in [5, 5.41) is 0. The third-order valence-electron chi connectivity index (χ3n) is 6.21. The summed E-state index contributed by atoms with van der Waals surface area (Å²) in [5.41, 5.74) is 3.66. The van der Waals surface area contributed by atoms with Gasteiger partial charge in [0.2, 0.25) is 5.78 Å². The lowest BCUT2D eigenvalue weighted by Gasteiger charge is -2.29. The van der Waals surface area contributed by atoms with E-state index in [9.17, 15) is 4.79 Å². The summed E-state index contributed by atoms with van der Waals surface area (Å²) < 4.78 is 28.0. The number of methoxy groups -OCH3 is 3. The predicted molar refractivity (Wildman–Crippen MR) is 129 cm³/mol. The largest absolute Gasteiger partial charge is 0.497 e. The van der Waals surface area contributed by atoms with Gasteiger partial charge in [0.1, 0.15) is 31.2 Å². The molecule has 174 valence electrons.